The lowest BCUT2D eigenvalue weighted by Gasteiger charge is -2.40. The summed E-state index contributed by atoms with van der Waals surface area (Å²) in [6.07, 6.45) is 7.06. The Hall–Kier alpha value is -3.88. The van der Waals surface area contributed by atoms with Crippen LogP contribution in [0.4, 0.5) is 15.3 Å². The summed E-state index contributed by atoms with van der Waals surface area (Å²) in [5.74, 6) is 1.37. The summed E-state index contributed by atoms with van der Waals surface area (Å²) in [6, 6.07) is 13.5. The number of halogens is 1. The van der Waals surface area contributed by atoms with E-state index in [0.29, 0.717) is 47.4 Å². The van der Waals surface area contributed by atoms with Crippen molar-refractivity contribution in [1.29, 1.82) is 0 Å². The fourth-order valence-electron chi connectivity index (χ4n) is 8.12. The van der Waals surface area contributed by atoms with Crippen molar-refractivity contribution in [2.75, 3.05) is 71.8 Å². The van der Waals surface area contributed by atoms with Gasteiger partial charge in [-0.3, -0.25) is 19.7 Å². The van der Waals surface area contributed by atoms with Crippen molar-refractivity contribution in [3.8, 4) is 5.75 Å². The first-order chi connectivity index (χ1) is 25.4. The molecule has 53 heavy (non-hydrogen) atoms. The summed E-state index contributed by atoms with van der Waals surface area (Å²) in [5.41, 5.74) is 3.12. The number of nitrogens with zero attached hydrogens (tertiary/aromatic N) is 5. The standard InChI is InChI=1S/C23H34BrN3O4.C16H21N3O3/c1-16(13-17-3-4-21(28)20(24)14-17)23(30)27-11-7-19(8-12-27)18-5-9-26(10-6-18)15-22(29)25(2)31;1-22-16(21)18-9-7-13(8-10-18)19-11-6-12-4-2-3-5-14(12)17-15(19)20/h3-4,14,16,18-19,28,31H,5-13,15H2,1-2H3;2-5,13H,6-11H2,1H3,(H,17,20)/t16-;/m1./s1. The number of hydrogen-bond acceptors (Lipinski definition) is 8. The number of ether oxygens (including phenoxy) is 1. The second-order valence-electron chi connectivity index (χ2n) is 14.8. The molecule has 0 radical (unpaired) electrons. The van der Waals surface area contributed by atoms with Crippen LogP contribution in [0.15, 0.2) is 46.9 Å². The molecule has 13 nitrogen and oxygen atoms in total. The highest BCUT2D eigenvalue weighted by Crippen LogP contribution is 2.33. The topological polar surface area (TPSA) is 146 Å². The predicted molar refractivity (Wildman–Crippen MR) is 205 cm³/mol. The maximum absolute atomic E-state index is 12.9. The summed E-state index contributed by atoms with van der Waals surface area (Å²) in [5, 5.41) is 22.5. The molecule has 2 aromatic rings. The van der Waals surface area contributed by atoms with Crippen LogP contribution in [0.5, 0.6) is 5.75 Å². The Labute approximate surface area is 321 Å². The predicted octanol–water partition coefficient (Wildman–Crippen LogP) is 5.44. The largest absolute Gasteiger partial charge is 0.507 e. The summed E-state index contributed by atoms with van der Waals surface area (Å²) in [7, 11) is 2.77. The number of phenols is 1. The van der Waals surface area contributed by atoms with Gasteiger partial charge in [0.15, 0.2) is 0 Å². The third-order valence-corrected chi connectivity index (χ3v) is 12.0. The van der Waals surface area contributed by atoms with Crippen molar-refractivity contribution in [3.63, 3.8) is 0 Å². The van der Waals surface area contributed by atoms with E-state index in [1.165, 1.54) is 19.7 Å². The number of hydrogen-bond donors (Lipinski definition) is 3. The van der Waals surface area contributed by atoms with E-state index in [0.717, 1.165) is 82.4 Å². The molecule has 3 N–H and O–H groups in total. The molecule has 0 spiro atoms. The van der Waals surface area contributed by atoms with E-state index in [9.17, 15) is 29.5 Å². The molecule has 0 aliphatic carbocycles. The molecule has 290 valence electrons. The van der Waals surface area contributed by atoms with Crippen LogP contribution in [0.2, 0.25) is 0 Å². The van der Waals surface area contributed by atoms with Gasteiger partial charge in [0.05, 0.1) is 18.1 Å². The number of nitrogens with one attached hydrogen (secondary N) is 1. The Morgan fingerprint density at radius 1 is 0.925 bits per heavy atom. The summed E-state index contributed by atoms with van der Waals surface area (Å²) < 4.78 is 5.40. The maximum atomic E-state index is 12.9. The molecule has 6 rings (SSSR count). The Kier molecular flexibility index (Phi) is 14.4. The molecule has 4 aliphatic rings. The molecule has 0 saturated carbocycles. The Bertz CT molecular complexity index is 1570. The third-order valence-electron chi connectivity index (χ3n) is 11.3. The molecule has 1 atom stereocenters. The van der Waals surface area contributed by atoms with Crippen LogP contribution in [0.3, 0.4) is 0 Å². The van der Waals surface area contributed by atoms with Gasteiger partial charge in [-0.25, -0.2) is 14.7 Å². The number of amides is 5. The number of likely N-dealkylation sites (tertiary alicyclic amines) is 3. The fourth-order valence-corrected chi connectivity index (χ4v) is 8.55. The van der Waals surface area contributed by atoms with E-state index >= 15 is 0 Å². The second kappa shape index (κ2) is 18.9. The van der Waals surface area contributed by atoms with Gasteiger partial charge < -0.3 is 29.9 Å². The SMILES string of the molecule is COC(=O)N1CCC(N2CCc3ccccc3NC2=O)CC1.C[C@H](Cc1ccc(O)c(Br)c1)C(=O)N1CCC(C2CCN(CC(=O)N(C)O)CC2)CC1. The van der Waals surface area contributed by atoms with Gasteiger partial charge in [0.25, 0.3) is 5.91 Å². The molecule has 3 saturated heterocycles. The number of benzene rings is 2. The van der Waals surface area contributed by atoms with Crippen LogP contribution < -0.4 is 5.32 Å². The lowest BCUT2D eigenvalue weighted by Crippen LogP contribution is -2.50. The molecule has 4 heterocycles. The monoisotopic (exact) mass is 798 g/mol. The van der Waals surface area contributed by atoms with E-state index < -0.39 is 0 Å². The van der Waals surface area contributed by atoms with Gasteiger partial charge in [0, 0.05) is 57.4 Å². The maximum Gasteiger partial charge on any atom is 0.409 e. The molecule has 2 aromatic carbocycles. The number of para-hydroxylation sites is 1. The van der Waals surface area contributed by atoms with Crippen LogP contribution >= 0.6 is 15.9 Å². The van der Waals surface area contributed by atoms with Crippen molar-refractivity contribution in [2.45, 2.75) is 64.3 Å². The highest BCUT2D eigenvalue weighted by Gasteiger charge is 2.33. The summed E-state index contributed by atoms with van der Waals surface area (Å²) >= 11 is 3.34. The Morgan fingerprint density at radius 3 is 2.17 bits per heavy atom. The number of carbonyl (C=O) groups excluding carboxylic acids is 4. The fraction of sp³-hybridized carbons (Fsp3) is 0.590. The number of fused-ring (bicyclic) bond motifs is 1. The van der Waals surface area contributed by atoms with E-state index in [2.05, 4.69) is 32.2 Å². The lowest BCUT2D eigenvalue weighted by molar-refractivity contribution is -0.160. The zero-order valence-electron chi connectivity index (χ0n) is 31.2. The molecule has 14 heteroatoms. The van der Waals surface area contributed by atoms with Crippen molar-refractivity contribution < 1.29 is 34.2 Å². The molecule has 0 bridgehead atoms. The van der Waals surface area contributed by atoms with Crippen LogP contribution in [0, 0.1) is 17.8 Å². The highest BCUT2D eigenvalue weighted by atomic mass is 79.9. The zero-order chi connectivity index (χ0) is 38.1. The van der Waals surface area contributed by atoms with Gasteiger partial charge >= 0.3 is 12.1 Å². The molecular weight excluding hydrogens is 744 g/mol. The average molecular weight is 800 g/mol. The van der Waals surface area contributed by atoms with Crippen LogP contribution in [-0.2, 0) is 27.2 Å². The molecule has 0 unspecified atom stereocenters. The first-order valence-electron chi connectivity index (χ1n) is 18.9. The Morgan fingerprint density at radius 2 is 1.55 bits per heavy atom. The van der Waals surface area contributed by atoms with E-state index in [-0.39, 0.29) is 48.2 Å². The van der Waals surface area contributed by atoms with Gasteiger partial charge in [0.2, 0.25) is 5.91 Å². The minimum Gasteiger partial charge on any atom is -0.507 e. The normalized spacial score (nSPS) is 19.6. The minimum atomic E-state index is -0.286. The number of methoxy groups -OCH3 is 1. The number of anilines is 1. The quantitative estimate of drug-likeness (QED) is 0.248. The number of hydroxylamine groups is 2. The van der Waals surface area contributed by atoms with Gasteiger partial charge in [-0.2, -0.15) is 0 Å². The van der Waals surface area contributed by atoms with Crippen molar-refractivity contribution in [1.82, 2.24) is 24.7 Å². The molecule has 4 aliphatic heterocycles. The van der Waals surface area contributed by atoms with Crippen molar-refractivity contribution in [2.24, 2.45) is 17.8 Å². The van der Waals surface area contributed by atoms with Crippen LogP contribution in [0.1, 0.15) is 56.6 Å². The van der Waals surface area contributed by atoms with E-state index in [1.54, 1.807) is 11.0 Å². The number of rotatable bonds is 7. The molecule has 5 amide bonds. The number of carbonyl (C=O) groups is 4. The smallest absolute Gasteiger partial charge is 0.409 e. The molecule has 3 fully saturated rings. The average Bonchev–Trinajstić information content (AvgIpc) is 3.34. The van der Waals surface area contributed by atoms with E-state index in [1.807, 2.05) is 47.1 Å². The number of urea groups is 1. The lowest BCUT2D eigenvalue weighted by atomic mass is 9.78. The number of phenolic OH excluding ortho intramolecular Hbond substituents is 1. The number of likely N-dealkylation sites (N-methyl/N-ethyl adjacent to an activating group) is 1. The summed E-state index contributed by atoms with van der Waals surface area (Å²) in [4.78, 5) is 56.3. The zero-order valence-corrected chi connectivity index (χ0v) is 32.8. The number of aromatic hydroxyl groups is 1. The highest BCUT2D eigenvalue weighted by molar-refractivity contribution is 9.10. The minimum absolute atomic E-state index is 0.0403. The third kappa shape index (κ3) is 10.9. The van der Waals surface area contributed by atoms with Gasteiger partial charge in [-0.15, -0.1) is 0 Å². The van der Waals surface area contributed by atoms with E-state index in [4.69, 9.17) is 4.74 Å². The summed E-state index contributed by atoms with van der Waals surface area (Å²) in [6.45, 7) is 7.67. The van der Waals surface area contributed by atoms with Crippen molar-refractivity contribution >= 4 is 45.6 Å². The first kappa shape index (κ1) is 40.3. The van der Waals surface area contributed by atoms with Crippen LogP contribution in [-0.4, -0.2) is 131 Å². The second-order valence-corrected chi connectivity index (χ2v) is 15.7. The van der Waals surface area contributed by atoms with Gasteiger partial charge in [0.1, 0.15) is 5.75 Å². The van der Waals surface area contributed by atoms with Gasteiger partial charge in [-0.05, 0) is 122 Å². The molecular formula is C39H55BrN6O7. The number of piperidine rings is 3. The van der Waals surface area contributed by atoms with Crippen LogP contribution in [0.25, 0.3) is 0 Å². The Balaban J connectivity index is 0.000000216. The first-order valence-corrected chi connectivity index (χ1v) is 19.6. The molecule has 0 aromatic heterocycles. The van der Waals surface area contributed by atoms with Gasteiger partial charge in [-0.1, -0.05) is 31.2 Å². The van der Waals surface area contributed by atoms with Crippen molar-refractivity contribution in [3.05, 3.63) is 58.1 Å².